The van der Waals surface area contributed by atoms with Crippen LogP contribution in [0.2, 0.25) is 0 Å². The van der Waals surface area contributed by atoms with Crippen LogP contribution in [0.1, 0.15) is 19.4 Å². The first kappa shape index (κ1) is 18.6. The van der Waals surface area contributed by atoms with Crippen molar-refractivity contribution in [3.63, 3.8) is 0 Å². The zero-order valence-electron chi connectivity index (χ0n) is 13.1. The first-order chi connectivity index (χ1) is 10.7. The van der Waals surface area contributed by atoms with Crippen molar-refractivity contribution < 1.29 is 24.6 Å². The SMILES string of the molecule is CC(C)[C@@H](NC(=O)[C@@H](N)C(Cc1ccccc1)C(=O)O)C(=O)O. The van der Waals surface area contributed by atoms with Crippen molar-refractivity contribution in [2.45, 2.75) is 32.4 Å². The van der Waals surface area contributed by atoms with Crippen molar-refractivity contribution >= 4 is 17.8 Å². The number of hydrogen-bond donors (Lipinski definition) is 4. The molecule has 5 N–H and O–H groups in total. The van der Waals surface area contributed by atoms with E-state index in [1.165, 1.54) is 0 Å². The van der Waals surface area contributed by atoms with E-state index in [1.54, 1.807) is 44.2 Å². The van der Waals surface area contributed by atoms with Gasteiger partial charge in [0.05, 0.1) is 12.0 Å². The third-order valence-electron chi connectivity index (χ3n) is 3.58. The predicted octanol–water partition coefficient (Wildman–Crippen LogP) is 0.483. The van der Waals surface area contributed by atoms with Crippen molar-refractivity contribution in [1.82, 2.24) is 5.32 Å². The van der Waals surface area contributed by atoms with E-state index in [0.29, 0.717) is 0 Å². The number of carboxylic acid groups (broad SMARTS) is 2. The molecule has 1 aromatic carbocycles. The molecule has 3 atom stereocenters. The molecule has 0 fully saturated rings. The molecule has 0 heterocycles. The topological polar surface area (TPSA) is 130 Å². The number of carbonyl (C=O) groups is 3. The number of nitrogens with two attached hydrogens (primary N) is 1. The lowest BCUT2D eigenvalue weighted by atomic mass is 9.91. The first-order valence-corrected chi connectivity index (χ1v) is 7.29. The highest BCUT2D eigenvalue weighted by molar-refractivity contribution is 5.90. The van der Waals surface area contributed by atoms with Crippen molar-refractivity contribution in [2.24, 2.45) is 17.6 Å². The third-order valence-corrected chi connectivity index (χ3v) is 3.58. The summed E-state index contributed by atoms with van der Waals surface area (Å²) in [7, 11) is 0. The van der Waals surface area contributed by atoms with E-state index in [4.69, 9.17) is 10.8 Å². The molecule has 0 saturated carbocycles. The molecule has 0 saturated heterocycles. The highest BCUT2D eigenvalue weighted by atomic mass is 16.4. The number of amides is 1. The number of rotatable bonds is 8. The van der Waals surface area contributed by atoms with Gasteiger partial charge in [-0.15, -0.1) is 0 Å². The molecule has 1 amide bonds. The summed E-state index contributed by atoms with van der Waals surface area (Å²) >= 11 is 0. The maximum Gasteiger partial charge on any atom is 0.326 e. The Hall–Kier alpha value is -2.41. The monoisotopic (exact) mass is 322 g/mol. The fourth-order valence-corrected chi connectivity index (χ4v) is 2.18. The summed E-state index contributed by atoms with van der Waals surface area (Å²) in [5.74, 6) is -4.65. The molecule has 0 aliphatic carbocycles. The number of carbonyl (C=O) groups excluding carboxylic acids is 1. The van der Waals surface area contributed by atoms with Gasteiger partial charge in [0.2, 0.25) is 5.91 Å². The van der Waals surface area contributed by atoms with Gasteiger partial charge in [0.1, 0.15) is 6.04 Å². The second-order valence-corrected chi connectivity index (χ2v) is 5.73. The minimum atomic E-state index is -1.34. The van der Waals surface area contributed by atoms with Crippen molar-refractivity contribution in [3.8, 4) is 0 Å². The molecule has 0 radical (unpaired) electrons. The summed E-state index contributed by atoms with van der Waals surface area (Å²) in [4.78, 5) is 34.7. The second-order valence-electron chi connectivity index (χ2n) is 5.73. The van der Waals surface area contributed by atoms with E-state index in [0.717, 1.165) is 5.56 Å². The van der Waals surface area contributed by atoms with Crippen LogP contribution in [-0.4, -0.2) is 40.1 Å². The summed E-state index contributed by atoms with van der Waals surface area (Å²) in [6.45, 7) is 3.28. The summed E-state index contributed by atoms with van der Waals surface area (Å²) in [6.07, 6.45) is 0.0875. The zero-order chi connectivity index (χ0) is 17.6. The fourth-order valence-electron chi connectivity index (χ4n) is 2.18. The van der Waals surface area contributed by atoms with E-state index in [2.05, 4.69) is 5.32 Å². The second kappa shape index (κ2) is 8.28. The fraction of sp³-hybridized carbons (Fsp3) is 0.438. The first-order valence-electron chi connectivity index (χ1n) is 7.29. The maximum atomic E-state index is 12.1. The highest BCUT2D eigenvalue weighted by Crippen LogP contribution is 2.13. The van der Waals surface area contributed by atoms with E-state index in [-0.39, 0.29) is 12.3 Å². The van der Waals surface area contributed by atoms with Gasteiger partial charge >= 0.3 is 11.9 Å². The number of nitrogens with one attached hydrogen (secondary N) is 1. The van der Waals surface area contributed by atoms with Gasteiger partial charge in [-0.25, -0.2) is 4.79 Å². The standard InChI is InChI=1S/C16H22N2O5/c1-9(2)13(16(22)23)18-14(19)12(17)11(15(20)21)8-10-6-4-3-5-7-10/h3-7,9,11-13H,8,17H2,1-2H3,(H,18,19)(H,20,21)(H,22,23)/t11?,12-,13+/m0/s1. The van der Waals surface area contributed by atoms with Crippen molar-refractivity contribution in [3.05, 3.63) is 35.9 Å². The van der Waals surface area contributed by atoms with Crippen LogP contribution >= 0.6 is 0 Å². The molecule has 23 heavy (non-hydrogen) atoms. The lowest BCUT2D eigenvalue weighted by molar-refractivity contribution is -0.146. The van der Waals surface area contributed by atoms with Gasteiger partial charge in [-0.1, -0.05) is 44.2 Å². The van der Waals surface area contributed by atoms with E-state index in [9.17, 15) is 19.5 Å². The molecule has 0 aliphatic rings. The number of hydrogen-bond acceptors (Lipinski definition) is 4. The molecular formula is C16H22N2O5. The normalized spacial score (nSPS) is 14.8. The lowest BCUT2D eigenvalue weighted by Gasteiger charge is -2.23. The average molecular weight is 322 g/mol. The molecular weight excluding hydrogens is 300 g/mol. The van der Waals surface area contributed by atoms with Gasteiger partial charge in [-0.3, -0.25) is 9.59 Å². The molecule has 7 nitrogen and oxygen atoms in total. The Morgan fingerprint density at radius 2 is 1.65 bits per heavy atom. The predicted molar refractivity (Wildman–Crippen MR) is 83.7 cm³/mol. The lowest BCUT2D eigenvalue weighted by Crippen LogP contribution is -2.54. The van der Waals surface area contributed by atoms with Gasteiger partial charge in [0, 0.05) is 0 Å². The van der Waals surface area contributed by atoms with Crippen LogP contribution in [0.4, 0.5) is 0 Å². The Labute approximate surface area is 134 Å². The molecule has 0 aliphatic heterocycles. The maximum absolute atomic E-state index is 12.1. The number of carboxylic acids is 2. The minimum Gasteiger partial charge on any atom is -0.481 e. The Morgan fingerprint density at radius 3 is 2.09 bits per heavy atom. The Morgan fingerprint density at radius 1 is 1.09 bits per heavy atom. The van der Waals surface area contributed by atoms with Gasteiger partial charge in [-0.2, -0.15) is 0 Å². The van der Waals surface area contributed by atoms with Crippen molar-refractivity contribution in [1.29, 1.82) is 0 Å². The Bertz CT molecular complexity index is 559. The van der Waals surface area contributed by atoms with Gasteiger partial charge in [0.25, 0.3) is 0 Å². The summed E-state index contributed by atoms with van der Waals surface area (Å²) in [6, 6.07) is 6.36. The van der Waals surface area contributed by atoms with Crippen LogP contribution < -0.4 is 11.1 Å². The number of benzene rings is 1. The largest absolute Gasteiger partial charge is 0.481 e. The molecule has 0 spiro atoms. The molecule has 1 aromatic rings. The zero-order valence-corrected chi connectivity index (χ0v) is 13.1. The van der Waals surface area contributed by atoms with E-state index in [1.807, 2.05) is 0 Å². The minimum absolute atomic E-state index is 0.0875. The number of aliphatic carboxylic acids is 2. The smallest absolute Gasteiger partial charge is 0.326 e. The van der Waals surface area contributed by atoms with Crippen LogP contribution in [0.3, 0.4) is 0 Å². The van der Waals surface area contributed by atoms with Crippen LogP contribution in [-0.2, 0) is 20.8 Å². The van der Waals surface area contributed by atoms with E-state index < -0.39 is 35.8 Å². The van der Waals surface area contributed by atoms with Gasteiger partial charge < -0.3 is 21.3 Å². The summed E-state index contributed by atoms with van der Waals surface area (Å²) in [5.41, 5.74) is 6.51. The highest BCUT2D eigenvalue weighted by Gasteiger charge is 2.33. The average Bonchev–Trinajstić information content (AvgIpc) is 2.49. The van der Waals surface area contributed by atoms with Crippen LogP contribution in [0.15, 0.2) is 30.3 Å². The molecule has 0 bridgehead atoms. The quantitative estimate of drug-likeness (QED) is 0.551. The van der Waals surface area contributed by atoms with E-state index >= 15 is 0 Å². The van der Waals surface area contributed by atoms with Crippen LogP contribution in [0, 0.1) is 11.8 Å². The summed E-state index contributed by atoms with van der Waals surface area (Å²) < 4.78 is 0. The van der Waals surface area contributed by atoms with Crippen LogP contribution in [0.5, 0.6) is 0 Å². The molecule has 1 rings (SSSR count). The molecule has 126 valence electrons. The Kier molecular flexibility index (Phi) is 6.71. The van der Waals surface area contributed by atoms with Gasteiger partial charge in [0.15, 0.2) is 0 Å². The van der Waals surface area contributed by atoms with Crippen molar-refractivity contribution in [2.75, 3.05) is 0 Å². The summed E-state index contributed by atoms with van der Waals surface area (Å²) in [5, 5.41) is 20.7. The Balaban J connectivity index is 2.84. The molecule has 1 unspecified atom stereocenters. The van der Waals surface area contributed by atoms with Crippen LogP contribution in [0.25, 0.3) is 0 Å². The third kappa shape index (κ3) is 5.37. The molecule has 0 aromatic heterocycles. The van der Waals surface area contributed by atoms with Gasteiger partial charge in [-0.05, 0) is 17.9 Å². The molecule has 7 heteroatoms.